The van der Waals surface area contributed by atoms with Crippen molar-refractivity contribution in [2.75, 3.05) is 18.5 Å². The van der Waals surface area contributed by atoms with E-state index in [9.17, 15) is 4.79 Å². The van der Waals surface area contributed by atoms with E-state index in [4.69, 9.17) is 9.47 Å². The smallest absolute Gasteiger partial charge is 0.226 e. The van der Waals surface area contributed by atoms with Crippen molar-refractivity contribution in [3.8, 4) is 22.6 Å². The maximum absolute atomic E-state index is 12.7. The van der Waals surface area contributed by atoms with Gasteiger partial charge in [0, 0.05) is 17.7 Å². The molecule has 3 rings (SSSR count). The Labute approximate surface area is 177 Å². The van der Waals surface area contributed by atoms with Crippen LogP contribution in [0.1, 0.15) is 44.4 Å². The average Bonchev–Trinajstić information content (AvgIpc) is 3.10. The maximum atomic E-state index is 12.7. The average molecular weight is 408 g/mol. The molecule has 0 spiro atoms. The number of hydrogen-bond donors (Lipinski definition) is 2. The van der Waals surface area contributed by atoms with Gasteiger partial charge in [0.2, 0.25) is 5.91 Å². The summed E-state index contributed by atoms with van der Waals surface area (Å²) in [5.41, 5.74) is 3.76. The number of hydrogen-bond acceptors (Lipinski definition) is 4. The van der Waals surface area contributed by atoms with Gasteiger partial charge in [0.25, 0.3) is 0 Å². The van der Waals surface area contributed by atoms with E-state index in [1.54, 1.807) is 0 Å². The second-order valence-corrected chi connectivity index (χ2v) is 7.16. The van der Waals surface area contributed by atoms with Crippen LogP contribution in [-0.4, -0.2) is 29.3 Å². The largest absolute Gasteiger partial charge is 0.490 e. The van der Waals surface area contributed by atoms with Crippen molar-refractivity contribution in [1.82, 2.24) is 10.2 Å². The molecule has 0 aliphatic rings. The topological polar surface area (TPSA) is 76.2 Å². The van der Waals surface area contributed by atoms with Crippen molar-refractivity contribution < 1.29 is 14.3 Å². The van der Waals surface area contributed by atoms with Crippen molar-refractivity contribution in [3.63, 3.8) is 0 Å². The standard InChI is InChI=1S/C24H29N3O3/c1-5-29-20-13-12-19(15-21(20)30-6-2)23-17(4)26-27-24(23)25-22(28)14-16(3)18-10-8-7-9-11-18/h7-13,15-16H,5-6,14H2,1-4H3,(H2,25,26,27,28)/t16-/m1/s1. The van der Waals surface area contributed by atoms with E-state index in [-0.39, 0.29) is 11.8 Å². The monoisotopic (exact) mass is 407 g/mol. The normalized spacial score (nSPS) is 11.7. The fourth-order valence-electron chi connectivity index (χ4n) is 3.44. The Bertz CT molecular complexity index is 983. The van der Waals surface area contributed by atoms with Gasteiger partial charge in [-0.15, -0.1) is 0 Å². The minimum absolute atomic E-state index is 0.0740. The third-order valence-electron chi connectivity index (χ3n) is 4.90. The van der Waals surface area contributed by atoms with Gasteiger partial charge in [-0.25, -0.2) is 0 Å². The molecule has 0 radical (unpaired) electrons. The molecule has 6 heteroatoms. The summed E-state index contributed by atoms with van der Waals surface area (Å²) < 4.78 is 11.4. The number of carbonyl (C=O) groups excluding carboxylic acids is 1. The molecule has 6 nitrogen and oxygen atoms in total. The van der Waals surface area contributed by atoms with Crippen LogP contribution in [0.25, 0.3) is 11.1 Å². The number of aromatic amines is 1. The van der Waals surface area contributed by atoms with E-state index in [1.165, 1.54) is 0 Å². The number of anilines is 1. The first kappa shape index (κ1) is 21.4. The Morgan fingerprint density at radius 1 is 1.07 bits per heavy atom. The highest BCUT2D eigenvalue weighted by molar-refractivity contribution is 5.95. The Balaban J connectivity index is 1.81. The summed E-state index contributed by atoms with van der Waals surface area (Å²) in [6.45, 7) is 8.95. The van der Waals surface area contributed by atoms with E-state index >= 15 is 0 Å². The molecule has 3 aromatic rings. The summed E-state index contributed by atoms with van der Waals surface area (Å²) in [5, 5.41) is 10.3. The molecular formula is C24H29N3O3. The molecule has 0 bridgehead atoms. The van der Waals surface area contributed by atoms with Gasteiger partial charge >= 0.3 is 0 Å². The number of aryl methyl sites for hydroxylation is 1. The summed E-state index contributed by atoms with van der Waals surface area (Å²) in [6.07, 6.45) is 0.378. The zero-order valence-electron chi connectivity index (χ0n) is 18.0. The number of ether oxygens (including phenoxy) is 2. The van der Waals surface area contributed by atoms with E-state index in [2.05, 4.69) is 15.5 Å². The molecule has 2 N–H and O–H groups in total. The van der Waals surface area contributed by atoms with Crippen molar-refractivity contribution in [3.05, 3.63) is 59.8 Å². The number of benzene rings is 2. The highest BCUT2D eigenvalue weighted by Crippen LogP contribution is 2.36. The fourth-order valence-corrected chi connectivity index (χ4v) is 3.44. The molecule has 30 heavy (non-hydrogen) atoms. The summed E-state index contributed by atoms with van der Waals surface area (Å²) in [4.78, 5) is 12.7. The first-order valence-corrected chi connectivity index (χ1v) is 10.3. The lowest BCUT2D eigenvalue weighted by atomic mass is 9.97. The molecular weight excluding hydrogens is 378 g/mol. The van der Waals surface area contributed by atoms with Gasteiger partial charge < -0.3 is 14.8 Å². The van der Waals surface area contributed by atoms with Gasteiger partial charge in [-0.05, 0) is 49.9 Å². The van der Waals surface area contributed by atoms with Gasteiger partial charge in [0.05, 0.1) is 13.2 Å². The molecule has 158 valence electrons. The quantitative estimate of drug-likeness (QED) is 0.504. The SMILES string of the molecule is CCOc1ccc(-c2c(NC(=O)C[C@@H](C)c3ccccc3)n[nH]c2C)cc1OCC. The van der Waals surface area contributed by atoms with E-state index < -0.39 is 0 Å². The van der Waals surface area contributed by atoms with E-state index in [0.29, 0.717) is 37.0 Å². The second kappa shape index (κ2) is 9.96. The molecule has 1 heterocycles. The number of nitrogens with one attached hydrogen (secondary N) is 2. The van der Waals surface area contributed by atoms with Crippen LogP contribution in [0.5, 0.6) is 11.5 Å². The number of aromatic nitrogens is 2. The van der Waals surface area contributed by atoms with Crippen LogP contribution in [0.2, 0.25) is 0 Å². The summed E-state index contributed by atoms with van der Waals surface area (Å²) in [5.74, 6) is 1.93. The van der Waals surface area contributed by atoms with Crippen LogP contribution in [0.3, 0.4) is 0 Å². The third kappa shape index (κ3) is 5.00. The van der Waals surface area contributed by atoms with Crippen molar-refractivity contribution in [2.45, 2.75) is 40.0 Å². The Morgan fingerprint density at radius 2 is 1.77 bits per heavy atom. The van der Waals surface area contributed by atoms with Crippen LogP contribution >= 0.6 is 0 Å². The highest BCUT2D eigenvalue weighted by Gasteiger charge is 2.18. The van der Waals surface area contributed by atoms with E-state index in [1.807, 2.05) is 76.2 Å². The van der Waals surface area contributed by atoms with Crippen LogP contribution in [0.15, 0.2) is 48.5 Å². The van der Waals surface area contributed by atoms with Crippen LogP contribution in [-0.2, 0) is 4.79 Å². The molecule has 1 atom stereocenters. The molecule has 1 amide bonds. The van der Waals surface area contributed by atoms with Gasteiger partial charge in [0.15, 0.2) is 17.3 Å². The molecule has 0 saturated heterocycles. The van der Waals surface area contributed by atoms with Crippen LogP contribution in [0.4, 0.5) is 5.82 Å². The zero-order valence-corrected chi connectivity index (χ0v) is 18.0. The molecule has 0 fully saturated rings. The van der Waals surface area contributed by atoms with Gasteiger partial charge in [-0.3, -0.25) is 9.89 Å². The molecule has 0 unspecified atom stereocenters. The van der Waals surface area contributed by atoms with Gasteiger partial charge in [-0.1, -0.05) is 43.3 Å². The molecule has 0 aliphatic carbocycles. The molecule has 0 aliphatic heterocycles. The number of rotatable bonds is 9. The van der Waals surface area contributed by atoms with Gasteiger partial charge in [0.1, 0.15) is 0 Å². The minimum atomic E-state index is -0.0740. The lowest BCUT2D eigenvalue weighted by molar-refractivity contribution is -0.116. The van der Waals surface area contributed by atoms with E-state index in [0.717, 1.165) is 22.4 Å². The number of H-pyrrole nitrogens is 1. The minimum Gasteiger partial charge on any atom is -0.490 e. The molecule has 0 saturated carbocycles. The lowest BCUT2D eigenvalue weighted by Gasteiger charge is -2.14. The first-order valence-electron chi connectivity index (χ1n) is 10.3. The Hall–Kier alpha value is -3.28. The van der Waals surface area contributed by atoms with Crippen molar-refractivity contribution in [2.24, 2.45) is 0 Å². The third-order valence-corrected chi connectivity index (χ3v) is 4.90. The van der Waals surface area contributed by atoms with Crippen molar-refractivity contribution in [1.29, 1.82) is 0 Å². The molecule has 2 aromatic carbocycles. The number of amides is 1. The predicted octanol–water partition coefficient (Wildman–Crippen LogP) is 5.31. The number of carbonyl (C=O) groups is 1. The highest BCUT2D eigenvalue weighted by atomic mass is 16.5. The summed E-state index contributed by atoms with van der Waals surface area (Å²) in [7, 11) is 0. The van der Waals surface area contributed by atoms with Crippen LogP contribution < -0.4 is 14.8 Å². The predicted molar refractivity (Wildman–Crippen MR) is 119 cm³/mol. The molecule has 1 aromatic heterocycles. The summed E-state index contributed by atoms with van der Waals surface area (Å²) >= 11 is 0. The first-order chi connectivity index (χ1) is 14.5. The Morgan fingerprint density at radius 3 is 2.47 bits per heavy atom. The maximum Gasteiger partial charge on any atom is 0.226 e. The zero-order chi connectivity index (χ0) is 21.5. The summed E-state index contributed by atoms with van der Waals surface area (Å²) in [6, 6.07) is 15.8. The van der Waals surface area contributed by atoms with Gasteiger partial charge in [-0.2, -0.15) is 5.10 Å². The number of nitrogens with zero attached hydrogens (tertiary/aromatic N) is 1. The fraction of sp³-hybridized carbons (Fsp3) is 0.333. The second-order valence-electron chi connectivity index (χ2n) is 7.16. The van der Waals surface area contributed by atoms with Crippen molar-refractivity contribution >= 4 is 11.7 Å². The Kier molecular flexibility index (Phi) is 7.12. The lowest BCUT2D eigenvalue weighted by Crippen LogP contribution is -2.15. The van der Waals surface area contributed by atoms with Crippen LogP contribution in [0, 0.1) is 6.92 Å².